The van der Waals surface area contributed by atoms with Crippen LogP contribution in [0.25, 0.3) is 10.8 Å². The second-order valence-electron chi connectivity index (χ2n) is 6.80. The molecule has 3 rings (SSSR count). The fourth-order valence-corrected chi connectivity index (χ4v) is 3.65. The summed E-state index contributed by atoms with van der Waals surface area (Å²) in [6, 6.07) is 11.2. The van der Waals surface area contributed by atoms with Gasteiger partial charge in [-0.25, -0.2) is 0 Å². The van der Waals surface area contributed by atoms with Crippen LogP contribution in [0.5, 0.6) is 0 Å². The first-order valence-electron chi connectivity index (χ1n) is 9.01. The lowest BCUT2D eigenvalue weighted by Gasteiger charge is -2.17. The Kier molecular flexibility index (Phi) is 5.15. The molecular formula is C21H28O. The maximum absolute atomic E-state index is 10.4. The van der Waals surface area contributed by atoms with Crippen molar-refractivity contribution in [2.24, 2.45) is 0 Å². The number of hydrogen-bond donors (Lipinski definition) is 1. The molecule has 1 heteroatoms. The van der Waals surface area contributed by atoms with E-state index in [1.807, 2.05) is 0 Å². The lowest BCUT2D eigenvalue weighted by atomic mass is 9.88. The first-order chi connectivity index (χ1) is 10.8. The molecular weight excluding hydrogens is 268 g/mol. The van der Waals surface area contributed by atoms with E-state index in [-0.39, 0.29) is 6.10 Å². The highest BCUT2D eigenvalue weighted by atomic mass is 16.3. The van der Waals surface area contributed by atoms with Gasteiger partial charge in [0.05, 0.1) is 6.10 Å². The Morgan fingerprint density at radius 2 is 1.64 bits per heavy atom. The summed E-state index contributed by atoms with van der Waals surface area (Å²) in [6.07, 6.45) is 10.5. The van der Waals surface area contributed by atoms with E-state index in [1.54, 1.807) is 0 Å². The Morgan fingerprint density at radius 3 is 2.36 bits per heavy atom. The Balaban J connectivity index is 1.77. The topological polar surface area (TPSA) is 20.2 Å². The second kappa shape index (κ2) is 7.28. The number of aryl methyl sites for hydroxylation is 2. The van der Waals surface area contributed by atoms with Crippen LogP contribution in [0.3, 0.4) is 0 Å². The third-order valence-electron chi connectivity index (χ3n) is 5.04. The van der Waals surface area contributed by atoms with Gasteiger partial charge >= 0.3 is 0 Å². The highest BCUT2D eigenvalue weighted by Gasteiger charge is 2.12. The van der Waals surface area contributed by atoms with Crippen LogP contribution < -0.4 is 0 Å². The van der Waals surface area contributed by atoms with Gasteiger partial charge in [-0.2, -0.15) is 0 Å². The van der Waals surface area contributed by atoms with Gasteiger partial charge in [0.2, 0.25) is 0 Å². The Bertz CT molecular complexity index is 629. The highest BCUT2D eigenvalue weighted by molar-refractivity contribution is 5.85. The lowest BCUT2D eigenvalue weighted by molar-refractivity contribution is 0.163. The molecule has 0 radical (unpaired) electrons. The van der Waals surface area contributed by atoms with Crippen molar-refractivity contribution in [3.63, 3.8) is 0 Å². The molecule has 1 atom stereocenters. The average Bonchev–Trinajstić information content (AvgIpc) is 2.56. The summed E-state index contributed by atoms with van der Waals surface area (Å²) in [5, 5.41) is 13.0. The summed E-state index contributed by atoms with van der Waals surface area (Å²) in [5.41, 5.74) is 4.14. The van der Waals surface area contributed by atoms with Crippen LogP contribution in [0.2, 0.25) is 0 Å². The summed E-state index contributed by atoms with van der Waals surface area (Å²) in [4.78, 5) is 0. The van der Waals surface area contributed by atoms with Crippen LogP contribution in [-0.2, 0) is 12.8 Å². The van der Waals surface area contributed by atoms with E-state index in [0.717, 1.165) is 18.4 Å². The van der Waals surface area contributed by atoms with E-state index < -0.39 is 0 Å². The normalized spacial score (nSPS) is 15.7. The van der Waals surface area contributed by atoms with Gasteiger partial charge < -0.3 is 5.11 Å². The summed E-state index contributed by atoms with van der Waals surface area (Å²) in [6.45, 7) is 2.22. The Labute approximate surface area is 134 Å². The van der Waals surface area contributed by atoms with Crippen LogP contribution in [0.15, 0.2) is 30.3 Å². The zero-order valence-corrected chi connectivity index (χ0v) is 13.8. The third-order valence-corrected chi connectivity index (χ3v) is 5.04. The molecule has 0 aliphatic heterocycles. The molecule has 0 bridgehead atoms. The minimum absolute atomic E-state index is 0.308. The molecule has 118 valence electrons. The van der Waals surface area contributed by atoms with Gasteiger partial charge in [0.1, 0.15) is 0 Å². The minimum Gasteiger partial charge on any atom is -0.388 e. The molecule has 1 nitrogen and oxygen atoms in total. The van der Waals surface area contributed by atoms with Crippen molar-refractivity contribution in [3.05, 3.63) is 47.0 Å². The molecule has 0 saturated heterocycles. The van der Waals surface area contributed by atoms with E-state index in [0.29, 0.717) is 0 Å². The number of rotatable bonds is 6. The van der Waals surface area contributed by atoms with Crippen LogP contribution >= 0.6 is 0 Å². The monoisotopic (exact) mass is 296 g/mol. The van der Waals surface area contributed by atoms with Crippen LogP contribution in [-0.4, -0.2) is 5.11 Å². The van der Waals surface area contributed by atoms with Gasteiger partial charge in [0.15, 0.2) is 0 Å². The molecule has 0 amide bonds. The average molecular weight is 296 g/mol. The van der Waals surface area contributed by atoms with E-state index >= 15 is 0 Å². The SMILES string of the molecule is CCCCCC[C@H](O)c1ccc2cc3c(cc2c1)CCCC3. The van der Waals surface area contributed by atoms with Crippen molar-refractivity contribution in [1.29, 1.82) is 0 Å². The first-order valence-corrected chi connectivity index (χ1v) is 9.01. The van der Waals surface area contributed by atoms with Gasteiger partial charge in [-0.15, -0.1) is 0 Å². The number of benzene rings is 2. The number of fused-ring (bicyclic) bond motifs is 2. The van der Waals surface area contributed by atoms with E-state index in [9.17, 15) is 5.11 Å². The zero-order valence-electron chi connectivity index (χ0n) is 13.8. The predicted molar refractivity (Wildman–Crippen MR) is 94.3 cm³/mol. The van der Waals surface area contributed by atoms with Gasteiger partial charge in [-0.3, -0.25) is 0 Å². The molecule has 2 aromatic carbocycles. The number of aliphatic hydroxyl groups excluding tert-OH is 1. The van der Waals surface area contributed by atoms with E-state index in [1.165, 1.54) is 66.8 Å². The Morgan fingerprint density at radius 1 is 0.909 bits per heavy atom. The molecule has 1 aliphatic carbocycles. The van der Waals surface area contributed by atoms with Gasteiger partial charge in [-0.1, -0.05) is 56.9 Å². The summed E-state index contributed by atoms with van der Waals surface area (Å²) >= 11 is 0. The largest absolute Gasteiger partial charge is 0.388 e. The van der Waals surface area contributed by atoms with Crippen molar-refractivity contribution < 1.29 is 5.11 Å². The Hall–Kier alpha value is -1.34. The third kappa shape index (κ3) is 3.52. The van der Waals surface area contributed by atoms with E-state index in [4.69, 9.17) is 0 Å². The van der Waals surface area contributed by atoms with Crippen molar-refractivity contribution in [1.82, 2.24) is 0 Å². The quantitative estimate of drug-likeness (QED) is 0.676. The fourth-order valence-electron chi connectivity index (χ4n) is 3.65. The maximum atomic E-state index is 10.4. The molecule has 1 aliphatic rings. The molecule has 0 saturated carbocycles. The number of aliphatic hydroxyl groups is 1. The van der Waals surface area contributed by atoms with E-state index in [2.05, 4.69) is 37.3 Å². The number of hydrogen-bond acceptors (Lipinski definition) is 1. The standard InChI is InChI=1S/C21H28O/c1-2-3-4-5-10-21(22)19-12-11-18-13-16-8-6-7-9-17(16)14-20(18)15-19/h11-15,21-22H,2-10H2,1H3/t21-/m0/s1. The maximum Gasteiger partial charge on any atom is 0.0790 e. The molecule has 0 fully saturated rings. The van der Waals surface area contributed by atoms with Gasteiger partial charge in [-0.05, 0) is 65.6 Å². The lowest BCUT2D eigenvalue weighted by Crippen LogP contribution is -2.02. The smallest absolute Gasteiger partial charge is 0.0790 e. The van der Waals surface area contributed by atoms with Gasteiger partial charge in [0.25, 0.3) is 0 Å². The van der Waals surface area contributed by atoms with Crippen LogP contribution in [0.4, 0.5) is 0 Å². The first kappa shape index (κ1) is 15.6. The molecule has 2 aromatic rings. The van der Waals surface area contributed by atoms with Gasteiger partial charge in [0, 0.05) is 0 Å². The van der Waals surface area contributed by atoms with Crippen molar-refractivity contribution in [2.75, 3.05) is 0 Å². The fraction of sp³-hybridized carbons (Fsp3) is 0.524. The molecule has 0 spiro atoms. The van der Waals surface area contributed by atoms with Crippen LogP contribution in [0, 0.1) is 0 Å². The molecule has 22 heavy (non-hydrogen) atoms. The van der Waals surface area contributed by atoms with Crippen LogP contribution in [0.1, 0.15) is 74.7 Å². The summed E-state index contributed by atoms with van der Waals surface area (Å²) in [5.74, 6) is 0. The number of unbranched alkanes of at least 4 members (excludes halogenated alkanes) is 3. The predicted octanol–water partition coefficient (Wildman–Crippen LogP) is 5.72. The molecule has 0 heterocycles. The summed E-state index contributed by atoms with van der Waals surface area (Å²) < 4.78 is 0. The summed E-state index contributed by atoms with van der Waals surface area (Å²) in [7, 11) is 0. The molecule has 1 N–H and O–H groups in total. The van der Waals surface area contributed by atoms with Crippen molar-refractivity contribution >= 4 is 10.8 Å². The molecule has 0 aromatic heterocycles. The minimum atomic E-state index is -0.308. The highest BCUT2D eigenvalue weighted by Crippen LogP contribution is 2.29. The van der Waals surface area contributed by atoms with Crippen molar-refractivity contribution in [2.45, 2.75) is 70.8 Å². The zero-order chi connectivity index (χ0) is 15.4. The second-order valence-corrected chi connectivity index (χ2v) is 6.80. The van der Waals surface area contributed by atoms with Crippen molar-refractivity contribution in [3.8, 4) is 0 Å². The molecule has 0 unspecified atom stereocenters.